The van der Waals surface area contributed by atoms with Crippen molar-refractivity contribution in [3.05, 3.63) is 44.6 Å². The van der Waals surface area contributed by atoms with Crippen LogP contribution in [0.4, 0.5) is 11.4 Å². The predicted molar refractivity (Wildman–Crippen MR) is 91.0 cm³/mol. The molecular formula is C15H17BrN2O2S. The zero-order valence-electron chi connectivity index (χ0n) is 11.9. The van der Waals surface area contributed by atoms with E-state index in [1.54, 1.807) is 11.3 Å². The lowest BCUT2D eigenvalue weighted by atomic mass is 10.2. The molecule has 0 aliphatic heterocycles. The monoisotopic (exact) mass is 368 g/mol. The van der Waals surface area contributed by atoms with E-state index in [9.17, 15) is 4.79 Å². The van der Waals surface area contributed by atoms with E-state index in [0.717, 1.165) is 22.4 Å². The third kappa shape index (κ3) is 4.84. The molecule has 0 bridgehead atoms. The van der Waals surface area contributed by atoms with E-state index in [1.807, 2.05) is 24.3 Å². The molecule has 1 aromatic heterocycles. The first-order valence-corrected chi connectivity index (χ1v) is 8.07. The molecule has 0 saturated carbocycles. The Labute approximate surface area is 136 Å². The van der Waals surface area contributed by atoms with Crippen molar-refractivity contribution in [2.45, 2.75) is 13.5 Å². The van der Waals surface area contributed by atoms with Crippen LogP contribution in [0, 0.1) is 6.92 Å². The minimum absolute atomic E-state index is 0.0621. The molecule has 1 aromatic carbocycles. The van der Waals surface area contributed by atoms with Crippen LogP contribution in [0.3, 0.4) is 0 Å². The highest BCUT2D eigenvalue weighted by Crippen LogP contribution is 2.27. The summed E-state index contributed by atoms with van der Waals surface area (Å²) >= 11 is 5.29. The number of halogens is 1. The zero-order chi connectivity index (χ0) is 15.2. The fourth-order valence-electron chi connectivity index (χ4n) is 1.79. The first-order valence-electron chi connectivity index (χ1n) is 6.46. The number of carbonyl (C=O) groups excluding carboxylic acids is 1. The molecule has 6 heteroatoms. The first-order chi connectivity index (χ1) is 10.1. The second-order valence-corrected chi connectivity index (χ2v) is 6.72. The molecule has 2 N–H and O–H groups in total. The van der Waals surface area contributed by atoms with Crippen LogP contribution in [0.1, 0.15) is 9.75 Å². The smallest absolute Gasteiger partial charge is 0.250 e. The molecule has 0 fully saturated rings. The van der Waals surface area contributed by atoms with Crippen LogP contribution >= 0.6 is 27.3 Å². The number of aryl methyl sites for hydroxylation is 1. The van der Waals surface area contributed by atoms with Crippen molar-refractivity contribution in [1.29, 1.82) is 0 Å². The van der Waals surface area contributed by atoms with E-state index in [1.165, 1.54) is 16.9 Å². The molecule has 112 valence electrons. The fraction of sp³-hybridized carbons (Fsp3) is 0.267. The summed E-state index contributed by atoms with van der Waals surface area (Å²) in [4.78, 5) is 13.9. The number of amides is 1. The summed E-state index contributed by atoms with van der Waals surface area (Å²) in [7, 11) is 1.50. The number of rotatable bonds is 6. The van der Waals surface area contributed by atoms with Gasteiger partial charge in [-0.1, -0.05) is 0 Å². The number of carbonyl (C=O) groups is 1. The SMILES string of the molecule is COCC(=O)Nc1ccc(NCc2cc(Br)c(C)s2)cc1. The second kappa shape index (κ2) is 7.59. The topological polar surface area (TPSA) is 50.4 Å². The van der Waals surface area contributed by atoms with Gasteiger partial charge in [-0.15, -0.1) is 11.3 Å². The summed E-state index contributed by atoms with van der Waals surface area (Å²) in [5, 5.41) is 6.12. The van der Waals surface area contributed by atoms with E-state index in [0.29, 0.717) is 0 Å². The van der Waals surface area contributed by atoms with E-state index < -0.39 is 0 Å². The standard InChI is InChI=1S/C15H17BrN2O2S/c1-10-14(16)7-13(21-10)8-17-11-3-5-12(6-4-11)18-15(19)9-20-2/h3-7,17H,8-9H2,1-2H3,(H,18,19). The lowest BCUT2D eigenvalue weighted by molar-refractivity contribution is -0.119. The van der Waals surface area contributed by atoms with Gasteiger partial charge < -0.3 is 15.4 Å². The third-order valence-corrected chi connectivity index (χ3v) is 4.96. The highest BCUT2D eigenvalue weighted by atomic mass is 79.9. The Morgan fingerprint density at radius 1 is 1.29 bits per heavy atom. The van der Waals surface area contributed by atoms with Crippen LogP contribution in [0.2, 0.25) is 0 Å². The Morgan fingerprint density at radius 2 is 1.95 bits per heavy atom. The number of ether oxygens (including phenoxy) is 1. The third-order valence-electron chi connectivity index (χ3n) is 2.82. The van der Waals surface area contributed by atoms with Crippen LogP contribution < -0.4 is 10.6 Å². The molecule has 1 amide bonds. The average molecular weight is 369 g/mol. The number of benzene rings is 1. The van der Waals surface area contributed by atoms with Gasteiger partial charge in [0, 0.05) is 39.3 Å². The minimum Gasteiger partial charge on any atom is -0.380 e. The largest absolute Gasteiger partial charge is 0.380 e. The number of hydrogen-bond donors (Lipinski definition) is 2. The van der Waals surface area contributed by atoms with E-state index in [4.69, 9.17) is 4.74 Å². The van der Waals surface area contributed by atoms with Crippen LogP contribution in [0.25, 0.3) is 0 Å². The number of methoxy groups -OCH3 is 1. The Bertz CT molecular complexity index is 591. The Balaban J connectivity index is 1.88. The summed E-state index contributed by atoms with van der Waals surface area (Å²) in [6.07, 6.45) is 0. The van der Waals surface area contributed by atoms with Gasteiger partial charge in [0.25, 0.3) is 0 Å². The predicted octanol–water partition coefficient (Wildman–Crippen LogP) is 4.02. The fourth-order valence-corrected chi connectivity index (χ4v) is 3.34. The molecule has 0 aliphatic carbocycles. The van der Waals surface area contributed by atoms with Crippen molar-refractivity contribution in [2.24, 2.45) is 0 Å². The quantitative estimate of drug-likeness (QED) is 0.809. The first kappa shape index (κ1) is 16.0. The minimum atomic E-state index is -0.155. The molecule has 1 heterocycles. The molecule has 0 radical (unpaired) electrons. The molecule has 0 unspecified atom stereocenters. The second-order valence-electron chi connectivity index (χ2n) is 4.53. The average Bonchev–Trinajstić information content (AvgIpc) is 2.77. The number of thiophene rings is 1. The number of anilines is 2. The normalized spacial score (nSPS) is 10.4. The molecule has 2 aromatic rings. The van der Waals surface area contributed by atoms with Gasteiger partial charge in [-0.25, -0.2) is 0 Å². The van der Waals surface area contributed by atoms with Crippen LogP contribution in [0.5, 0.6) is 0 Å². The van der Waals surface area contributed by atoms with Crippen LogP contribution in [-0.4, -0.2) is 19.6 Å². The van der Waals surface area contributed by atoms with Gasteiger partial charge in [0.05, 0.1) is 0 Å². The highest BCUT2D eigenvalue weighted by molar-refractivity contribution is 9.10. The van der Waals surface area contributed by atoms with Crippen LogP contribution in [0.15, 0.2) is 34.8 Å². The zero-order valence-corrected chi connectivity index (χ0v) is 14.3. The maximum absolute atomic E-state index is 11.4. The summed E-state index contributed by atoms with van der Waals surface area (Å²) in [6, 6.07) is 9.75. The van der Waals surface area contributed by atoms with Gasteiger partial charge in [0.2, 0.25) is 5.91 Å². The van der Waals surface area contributed by atoms with E-state index in [2.05, 4.69) is 39.6 Å². The molecule has 0 atom stereocenters. The van der Waals surface area contributed by atoms with Crippen molar-refractivity contribution in [3.8, 4) is 0 Å². The number of hydrogen-bond acceptors (Lipinski definition) is 4. The van der Waals surface area contributed by atoms with Gasteiger partial charge in [-0.05, 0) is 53.2 Å². The van der Waals surface area contributed by atoms with Crippen molar-refractivity contribution >= 4 is 44.5 Å². The summed E-state index contributed by atoms with van der Waals surface area (Å²) in [5.74, 6) is -0.155. The molecule has 0 aliphatic rings. The van der Waals surface area contributed by atoms with Gasteiger partial charge >= 0.3 is 0 Å². The summed E-state index contributed by atoms with van der Waals surface area (Å²) < 4.78 is 5.92. The molecule has 21 heavy (non-hydrogen) atoms. The van der Waals surface area contributed by atoms with Gasteiger partial charge in [-0.3, -0.25) is 4.79 Å². The summed E-state index contributed by atoms with van der Waals surface area (Å²) in [5.41, 5.74) is 1.78. The van der Waals surface area contributed by atoms with Crippen molar-refractivity contribution < 1.29 is 9.53 Å². The maximum atomic E-state index is 11.4. The number of nitrogens with one attached hydrogen (secondary N) is 2. The lowest BCUT2D eigenvalue weighted by Crippen LogP contribution is -2.16. The van der Waals surface area contributed by atoms with Crippen molar-refractivity contribution in [3.63, 3.8) is 0 Å². The lowest BCUT2D eigenvalue weighted by Gasteiger charge is -2.07. The maximum Gasteiger partial charge on any atom is 0.250 e. The molecule has 0 spiro atoms. The Morgan fingerprint density at radius 3 is 2.52 bits per heavy atom. The molecule has 2 rings (SSSR count). The van der Waals surface area contributed by atoms with E-state index in [-0.39, 0.29) is 12.5 Å². The molecular weight excluding hydrogens is 352 g/mol. The van der Waals surface area contributed by atoms with Gasteiger partial charge in [0.15, 0.2) is 0 Å². The van der Waals surface area contributed by atoms with Gasteiger partial charge in [0.1, 0.15) is 6.61 Å². The molecule has 4 nitrogen and oxygen atoms in total. The van der Waals surface area contributed by atoms with Gasteiger partial charge in [-0.2, -0.15) is 0 Å². The summed E-state index contributed by atoms with van der Waals surface area (Å²) in [6.45, 7) is 2.94. The van der Waals surface area contributed by atoms with Crippen molar-refractivity contribution in [1.82, 2.24) is 0 Å². The molecule has 0 saturated heterocycles. The van der Waals surface area contributed by atoms with Crippen molar-refractivity contribution in [2.75, 3.05) is 24.4 Å². The Kier molecular flexibility index (Phi) is 5.78. The van der Waals surface area contributed by atoms with E-state index >= 15 is 0 Å². The van der Waals surface area contributed by atoms with Crippen LogP contribution in [-0.2, 0) is 16.1 Å². The highest BCUT2D eigenvalue weighted by Gasteiger charge is 2.03. The Hall–Kier alpha value is -1.37.